The number of nitrogens with one attached hydrogen (secondary N) is 1. The number of carboxylic acids is 1. The Labute approximate surface area is 186 Å². The van der Waals surface area contributed by atoms with E-state index in [1.54, 1.807) is 36.4 Å². The Morgan fingerprint density at radius 2 is 1.75 bits per heavy atom. The van der Waals surface area contributed by atoms with Gasteiger partial charge in [0.25, 0.3) is 0 Å². The summed E-state index contributed by atoms with van der Waals surface area (Å²) < 4.78 is 10.9. The summed E-state index contributed by atoms with van der Waals surface area (Å²) in [4.78, 5) is 28.5. The highest BCUT2D eigenvalue weighted by Crippen LogP contribution is 2.32. The molecule has 1 aromatic carbocycles. The molecule has 2 N–H and O–H groups in total. The summed E-state index contributed by atoms with van der Waals surface area (Å²) in [6.45, 7) is 1.86. The van der Waals surface area contributed by atoms with Gasteiger partial charge in [-0.15, -0.1) is 10.2 Å². The van der Waals surface area contributed by atoms with Crippen LogP contribution in [0.1, 0.15) is 23.7 Å². The Morgan fingerprint density at radius 1 is 1.03 bits per heavy atom. The van der Waals surface area contributed by atoms with E-state index in [0.717, 1.165) is 11.8 Å². The number of nitrogens with zero attached hydrogens (tertiary/aromatic N) is 3. The van der Waals surface area contributed by atoms with Crippen molar-refractivity contribution in [3.8, 4) is 22.9 Å². The number of anilines is 1. The minimum Gasteiger partial charge on any atom is -0.478 e. The molecule has 1 atom stereocenters. The average Bonchev–Trinajstić information content (AvgIpc) is 3.52. The number of aromatic nitrogens is 3. The standard InChI is InChI=1S/C22H18N4O5S/c1-2-17(20(27)23-14-7-3-6-13(12-14)21(28)29)32-22-24-18(15-8-4-10-30-15)19(25-26-22)16-9-5-11-31-16/h3-12,17H,2H2,1H3,(H,23,27)(H,28,29). The van der Waals surface area contributed by atoms with Crippen LogP contribution >= 0.6 is 11.8 Å². The lowest BCUT2D eigenvalue weighted by molar-refractivity contribution is -0.115. The molecule has 0 bridgehead atoms. The van der Waals surface area contributed by atoms with E-state index in [1.165, 1.54) is 24.7 Å². The van der Waals surface area contributed by atoms with E-state index in [-0.39, 0.29) is 11.5 Å². The summed E-state index contributed by atoms with van der Waals surface area (Å²) in [6.07, 6.45) is 3.56. The summed E-state index contributed by atoms with van der Waals surface area (Å²) in [5.74, 6) is -0.366. The molecule has 10 heteroatoms. The number of furan rings is 2. The van der Waals surface area contributed by atoms with Crippen LogP contribution in [0.3, 0.4) is 0 Å². The fourth-order valence-corrected chi connectivity index (χ4v) is 3.75. The van der Waals surface area contributed by atoms with Crippen molar-refractivity contribution in [3.63, 3.8) is 0 Å². The molecule has 0 fully saturated rings. The molecule has 0 aliphatic rings. The first kappa shape index (κ1) is 21.3. The Bertz CT molecular complexity index is 1230. The monoisotopic (exact) mass is 450 g/mol. The number of thioether (sulfide) groups is 1. The predicted octanol–water partition coefficient (Wildman–Crippen LogP) is 4.60. The number of carbonyl (C=O) groups excluding carboxylic acids is 1. The summed E-state index contributed by atoms with van der Waals surface area (Å²) in [5, 5.41) is 20.1. The quantitative estimate of drug-likeness (QED) is 0.370. The SMILES string of the molecule is CCC(Sc1nnc(-c2ccco2)c(-c2ccco2)n1)C(=O)Nc1cccc(C(=O)O)c1. The van der Waals surface area contributed by atoms with Crippen molar-refractivity contribution < 1.29 is 23.5 Å². The maximum Gasteiger partial charge on any atom is 0.335 e. The third-order valence-electron chi connectivity index (χ3n) is 4.46. The fourth-order valence-electron chi connectivity index (χ4n) is 2.93. The highest BCUT2D eigenvalue weighted by Gasteiger charge is 2.23. The normalized spacial score (nSPS) is 11.8. The summed E-state index contributed by atoms with van der Waals surface area (Å²) in [5.41, 5.74) is 1.37. The molecule has 32 heavy (non-hydrogen) atoms. The van der Waals surface area contributed by atoms with Gasteiger partial charge in [0.1, 0.15) is 5.69 Å². The highest BCUT2D eigenvalue weighted by atomic mass is 32.2. The second-order valence-corrected chi connectivity index (χ2v) is 7.81. The van der Waals surface area contributed by atoms with E-state index in [1.807, 2.05) is 6.92 Å². The van der Waals surface area contributed by atoms with Gasteiger partial charge >= 0.3 is 5.97 Å². The van der Waals surface area contributed by atoms with Gasteiger partial charge in [-0.2, -0.15) is 0 Å². The van der Waals surface area contributed by atoms with E-state index in [9.17, 15) is 9.59 Å². The fraction of sp³-hybridized carbons (Fsp3) is 0.136. The van der Waals surface area contributed by atoms with Gasteiger partial charge in [0, 0.05) is 5.69 Å². The van der Waals surface area contributed by atoms with Gasteiger partial charge in [0.2, 0.25) is 11.1 Å². The zero-order valence-corrected chi connectivity index (χ0v) is 17.7. The van der Waals surface area contributed by atoms with Gasteiger partial charge in [-0.05, 0) is 48.9 Å². The number of carboxylic acid groups (broad SMARTS) is 1. The highest BCUT2D eigenvalue weighted by molar-refractivity contribution is 8.00. The van der Waals surface area contributed by atoms with Crippen LogP contribution in [0.2, 0.25) is 0 Å². The predicted molar refractivity (Wildman–Crippen MR) is 117 cm³/mol. The Balaban J connectivity index is 1.57. The summed E-state index contributed by atoms with van der Waals surface area (Å²) in [7, 11) is 0. The molecule has 0 spiro atoms. The molecule has 0 aliphatic heterocycles. The first-order chi connectivity index (χ1) is 15.5. The lowest BCUT2D eigenvalue weighted by atomic mass is 10.2. The zero-order chi connectivity index (χ0) is 22.5. The topological polar surface area (TPSA) is 131 Å². The Kier molecular flexibility index (Phi) is 6.31. The first-order valence-electron chi connectivity index (χ1n) is 9.68. The molecular formula is C22H18N4O5S. The van der Waals surface area contributed by atoms with Crippen LogP contribution in [0.25, 0.3) is 22.9 Å². The minimum absolute atomic E-state index is 0.0904. The van der Waals surface area contributed by atoms with Gasteiger partial charge < -0.3 is 19.3 Å². The number of hydrogen-bond acceptors (Lipinski definition) is 8. The number of carbonyl (C=O) groups is 2. The first-order valence-corrected chi connectivity index (χ1v) is 10.6. The van der Waals surface area contributed by atoms with E-state index in [4.69, 9.17) is 13.9 Å². The smallest absolute Gasteiger partial charge is 0.335 e. The van der Waals surface area contributed by atoms with Crippen molar-refractivity contribution in [2.24, 2.45) is 0 Å². The van der Waals surface area contributed by atoms with Gasteiger partial charge in [-0.3, -0.25) is 4.79 Å². The third-order valence-corrected chi connectivity index (χ3v) is 5.68. The molecule has 162 valence electrons. The Morgan fingerprint density at radius 3 is 2.38 bits per heavy atom. The van der Waals surface area contributed by atoms with Crippen LogP contribution in [0.5, 0.6) is 0 Å². The molecule has 9 nitrogen and oxygen atoms in total. The van der Waals surface area contributed by atoms with Crippen LogP contribution < -0.4 is 5.32 Å². The molecule has 3 aromatic heterocycles. The molecule has 4 aromatic rings. The van der Waals surface area contributed by atoms with E-state index < -0.39 is 11.2 Å². The number of hydrogen-bond donors (Lipinski definition) is 2. The van der Waals surface area contributed by atoms with Crippen LogP contribution in [0.15, 0.2) is 75.0 Å². The second-order valence-electron chi connectivity index (χ2n) is 6.64. The van der Waals surface area contributed by atoms with E-state index in [2.05, 4.69) is 20.5 Å². The summed E-state index contributed by atoms with van der Waals surface area (Å²) >= 11 is 1.16. The Hall–Kier alpha value is -3.92. The van der Waals surface area contributed by atoms with Crippen LogP contribution in [0, 0.1) is 0 Å². The van der Waals surface area contributed by atoms with E-state index >= 15 is 0 Å². The van der Waals surface area contributed by atoms with Crippen LogP contribution in [-0.2, 0) is 4.79 Å². The van der Waals surface area contributed by atoms with Crippen molar-refractivity contribution in [1.29, 1.82) is 0 Å². The largest absolute Gasteiger partial charge is 0.478 e. The van der Waals surface area contributed by atoms with Crippen molar-refractivity contribution in [2.75, 3.05) is 5.32 Å². The molecule has 1 unspecified atom stereocenters. The maximum atomic E-state index is 12.8. The number of amides is 1. The minimum atomic E-state index is -1.07. The van der Waals surface area contributed by atoms with Crippen molar-refractivity contribution >= 4 is 29.3 Å². The number of aromatic carboxylic acids is 1. The van der Waals surface area contributed by atoms with Crippen molar-refractivity contribution in [1.82, 2.24) is 15.2 Å². The van der Waals surface area contributed by atoms with E-state index in [0.29, 0.717) is 40.2 Å². The van der Waals surface area contributed by atoms with Crippen LogP contribution in [-0.4, -0.2) is 37.4 Å². The lowest BCUT2D eigenvalue weighted by Gasteiger charge is -2.14. The average molecular weight is 450 g/mol. The number of rotatable bonds is 8. The molecule has 0 saturated carbocycles. The van der Waals surface area contributed by atoms with Gasteiger partial charge in [-0.25, -0.2) is 9.78 Å². The molecule has 4 rings (SSSR count). The van der Waals surface area contributed by atoms with Gasteiger partial charge in [-0.1, -0.05) is 24.8 Å². The van der Waals surface area contributed by atoms with Gasteiger partial charge in [0.05, 0.1) is 23.3 Å². The molecule has 0 saturated heterocycles. The molecule has 0 radical (unpaired) electrons. The lowest BCUT2D eigenvalue weighted by Crippen LogP contribution is -2.25. The molecule has 1 amide bonds. The number of benzene rings is 1. The molecule has 3 heterocycles. The maximum absolute atomic E-state index is 12.8. The van der Waals surface area contributed by atoms with Crippen molar-refractivity contribution in [3.05, 3.63) is 66.6 Å². The van der Waals surface area contributed by atoms with Crippen molar-refractivity contribution in [2.45, 2.75) is 23.8 Å². The third kappa shape index (κ3) is 4.70. The molecular weight excluding hydrogens is 432 g/mol. The zero-order valence-electron chi connectivity index (χ0n) is 16.9. The van der Waals surface area contributed by atoms with Gasteiger partial charge in [0.15, 0.2) is 17.2 Å². The van der Waals surface area contributed by atoms with Crippen LogP contribution in [0.4, 0.5) is 5.69 Å². The summed E-state index contributed by atoms with van der Waals surface area (Å²) in [6, 6.07) is 13.0. The molecule has 0 aliphatic carbocycles. The second kappa shape index (κ2) is 9.48.